The van der Waals surface area contributed by atoms with Crippen molar-refractivity contribution in [2.45, 2.75) is 360 Å². The third-order valence-corrected chi connectivity index (χ3v) is 14.9. The van der Waals surface area contributed by atoms with E-state index in [9.17, 15) is 19.8 Å². The number of allylic oxidation sites excluding steroid dienone is 5. The van der Waals surface area contributed by atoms with E-state index in [1.165, 1.54) is 270 Å². The Labute approximate surface area is 449 Å². The molecule has 0 aromatic heterocycles. The molecule has 0 rings (SSSR count). The number of aliphatic hydroxyl groups is 2. The molecular formula is C66H125NO5. The molecule has 0 aliphatic carbocycles. The predicted molar refractivity (Wildman–Crippen MR) is 315 cm³/mol. The summed E-state index contributed by atoms with van der Waals surface area (Å²) in [5, 5.41) is 23.1. The minimum absolute atomic E-state index is 0.00366. The number of esters is 1. The molecule has 0 saturated heterocycles. The van der Waals surface area contributed by atoms with Crippen LogP contribution in [0, 0.1) is 0 Å². The molecular weight excluding hydrogens is 887 g/mol. The van der Waals surface area contributed by atoms with E-state index in [0.717, 1.165) is 51.4 Å². The molecule has 0 saturated carbocycles. The fourth-order valence-corrected chi connectivity index (χ4v) is 9.96. The fraction of sp³-hybridized carbons (Fsp3) is 0.879. The number of nitrogens with one attached hydrogen (secondary N) is 1. The Hall–Kier alpha value is -1.92. The van der Waals surface area contributed by atoms with E-state index in [1.807, 2.05) is 6.08 Å². The van der Waals surface area contributed by atoms with E-state index < -0.39 is 12.1 Å². The van der Waals surface area contributed by atoms with Crippen molar-refractivity contribution in [2.24, 2.45) is 0 Å². The number of rotatable bonds is 60. The van der Waals surface area contributed by atoms with Crippen LogP contribution in [0.3, 0.4) is 0 Å². The van der Waals surface area contributed by atoms with E-state index in [-0.39, 0.29) is 18.5 Å². The van der Waals surface area contributed by atoms with Gasteiger partial charge in [-0.2, -0.15) is 0 Å². The van der Waals surface area contributed by atoms with E-state index in [1.54, 1.807) is 6.08 Å². The van der Waals surface area contributed by atoms with Gasteiger partial charge in [-0.3, -0.25) is 9.59 Å². The zero-order valence-electron chi connectivity index (χ0n) is 48.4. The summed E-state index contributed by atoms with van der Waals surface area (Å²) in [5.74, 6) is -0.0610. The monoisotopic (exact) mass is 1010 g/mol. The van der Waals surface area contributed by atoms with Crippen LogP contribution in [0.5, 0.6) is 0 Å². The van der Waals surface area contributed by atoms with Crippen LogP contribution < -0.4 is 5.32 Å². The molecule has 0 aliphatic rings. The summed E-state index contributed by atoms with van der Waals surface area (Å²) in [6.45, 7) is 4.88. The van der Waals surface area contributed by atoms with Crippen LogP contribution in [0.4, 0.5) is 0 Å². The predicted octanol–water partition coefficient (Wildman–Crippen LogP) is 20.4. The molecule has 0 bridgehead atoms. The molecule has 424 valence electrons. The first-order valence-corrected chi connectivity index (χ1v) is 32.3. The topological polar surface area (TPSA) is 95.9 Å². The van der Waals surface area contributed by atoms with Gasteiger partial charge in [-0.1, -0.05) is 307 Å². The van der Waals surface area contributed by atoms with Gasteiger partial charge in [0.1, 0.15) is 0 Å². The first-order chi connectivity index (χ1) is 35.5. The number of amides is 1. The van der Waals surface area contributed by atoms with E-state index in [2.05, 4.69) is 43.5 Å². The highest BCUT2D eigenvalue weighted by Gasteiger charge is 2.18. The maximum Gasteiger partial charge on any atom is 0.305 e. The van der Waals surface area contributed by atoms with Gasteiger partial charge in [-0.05, 0) is 64.2 Å². The number of carbonyl (C=O) groups excluding carboxylic acids is 2. The number of unbranched alkanes of at least 4 members (excludes halogenated alkanes) is 45. The third-order valence-electron chi connectivity index (χ3n) is 14.9. The van der Waals surface area contributed by atoms with Gasteiger partial charge in [0.2, 0.25) is 5.91 Å². The van der Waals surface area contributed by atoms with Crippen molar-refractivity contribution in [3.05, 3.63) is 36.5 Å². The number of aliphatic hydroxyl groups excluding tert-OH is 2. The molecule has 0 aliphatic heterocycles. The van der Waals surface area contributed by atoms with Gasteiger partial charge in [-0.15, -0.1) is 0 Å². The molecule has 0 aromatic carbocycles. The zero-order valence-corrected chi connectivity index (χ0v) is 48.4. The summed E-state index contributed by atoms with van der Waals surface area (Å²) in [5.41, 5.74) is 0. The maximum atomic E-state index is 12.5. The van der Waals surface area contributed by atoms with Crippen LogP contribution >= 0.6 is 0 Å². The maximum absolute atomic E-state index is 12.5. The molecule has 0 spiro atoms. The highest BCUT2D eigenvalue weighted by Crippen LogP contribution is 2.18. The molecule has 0 radical (unpaired) electrons. The molecule has 6 nitrogen and oxygen atoms in total. The molecule has 3 N–H and O–H groups in total. The smallest absolute Gasteiger partial charge is 0.305 e. The third kappa shape index (κ3) is 57.4. The Balaban J connectivity index is 3.36. The number of ether oxygens (including phenoxy) is 1. The summed E-state index contributed by atoms with van der Waals surface area (Å²) in [6, 6.07) is -0.625. The second kappa shape index (κ2) is 61.6. The van der Waals surface area contributed by atoms with Crippen molar-refractivity contribution in [3.63, 3.8) is 0 Å². The van der Waals surface area contributed by atoms with Crippen molar-refractivity contribution in [3.8, 4) is 0 Å². The van der Waals surface area contributed by atoms with Crippen molar-refractivity contribution >= 4 is 11.9 Å². The second-order valence-electron chi connectivity index (χ2n) is 22.1. The van der Waals surface area contributed by atoms with Crippen LogP contribution in [-0.2, 0) is 14.3 Å². The largest absolute Gasteiger partial charge is 0.466 e. The van der Waals surface area contributed by atoms with Crippen LogP contribution in [0.2, 0.25) is 0 Å². The Bertz CT molecular complexity index is 1170. The van der Waals surface area contributed by atoms with Gasteiger partial charge in [0.15, 0.2) is 0 Å². The van der Waals surface area contributed by atoms with Crippen LogP contribution in [0.15, 0.2) is 36.5 Å². The molecule has 0 fully saturated rings. The molecule has 1 amide bonds. The van der Waals surface area contributed by atoms with Crippen molar-refractivity contribution < 1.29 is 24.5 Å². The minimum Gasteiger partial charge on any atom is -0.466 e. The van der Waals surface area contributed by atoms with Crippen molar-refractivity contribution in [1.29, 1.82) is 0 Å². The lowest BCUT2D eigenvalue weighted by Crippen LogP contribution is -2.45. The van der Waals surface area contributed by atoms with Crippen molar-refractivity contribution in [1.82, 2.24) is 5.32 Å². The van der Waals surface area contributed by atoms with Gasteiger partial charge in [-0.25, -0.2) is 0 Å². The molecule has 0 aromatic rings. The normalized spacial score (nSPS) is 12.8. The Morgan fingerprint density at radius 3 is 1.08 bits per heavy atom. The number of hydrogen-bond acceptors (Lipinski definition) is 5. The van der Waals surface area contributed by atoms with E-state index in [4.69, 9.17) is 4.74 Å². The van der Waals surface area contributed by atoms with E-state index in [0.29, 0.717) is 19.4 Å². The first kappa shape index (κ1) is 70.1. The second-order valence-corrected chi connectivity index (χ2v) is 22.1. The van der Waals surface area contributed by atoms with Gasteiger partial charge in [0, 0.05) is 12.8 Å². The quantitative estimate of drug-likeness (QED) is 0.0320. The summed E-state index contributed by atoms with van der Waals surface area (Å²) in [7, 11) is 0. The molecule has 6 heteroatoms. The Morgan fingerprint density at radius 2 is 0.694 bits per heavy atom. The number of hydrogen-bond donors (Lipinski definition) is 3. The Morgan fingerprint density at radius 1 is 0.389 bits per heavy atom. The summed E-state index contributed by atoms with van der Waals surface area (Å²) >= 11 is 0. The summed E-state index contributed by atoms with van der Waals surface area (Å²) < 4.78 is 5.48. The summed E-state index contributed by atoms with van der Waals surface area (Å²) in [4.78, 5) is 24.5. The van der Waals surface area contributed by atoms with Gasteiger partial charge in [0.25, 0.3) is 0 Å². The standard InChI is InChI=1S/C66H125NO5/c1-3-5-7-9-11-13-15-17-31-36-40-44-48-52-56-60-66(71)72-61-57-53-49-45-41-37-33-30-28-26-24-22-20-18-19-21-23-25-27-29-32-35-39-43-47-51-55-59-65(70)67-63(62-68)64(69)58-54-50-46-42-38-34-16-14-12-10-8-6-4-2/h11,13,17,31,54,58,63-64,68-69H,3-10,12,14-16,18-30,32-53,55-57,59-62H2,1-2H3,(H,67,70). The zero-order chi connectivity index (χ0) is 52.2. The lowest BCUT2D eigenvalue weighted by Gasteiger charge is -2.20. The fourth-order valence-electron chi connectivity index (χ4n) is 9.96. The minimum atomic E-state index is -0.842. The Kier molecular flexibility index (Phi) is 60.0. The lowest BCUT2D eigenvalue weighted by molar-refractivity contribution is -0.143. The average molecular weight is 1010 g/mol. The number of carbonyl (C=O) groups is 2. The molecule has 2 unspecified atom stereocenters. The van der Waals surface area contributed by atoms with Gasteiger partial charge < -0.3 is 20.3 Å². The van der Waals surface area contributed by atoms with Gasteiger partial charge in [0.05, 0.1) is 25.4 Å². The summed E-state index contributed by atoms with van der Waals surface area (Å²) in [6.07, 6.45) is 77.7. The van der Waals surface area contributed by atoms with Crippen molar-refractivity contribution in [2.75, 3.05) is 13.2 Å². The van der Waals surface area contributed by atoms with E-state index >= 15 is 0 Å². The lowest BCUT2D eigenvalue weighted by atomic mass is 10.0. The highest BCUT2D eigenvalue weighted by atomic mass is 16.5. The van der Waals surface area contributed by atoms with Crippen LogP contribution in [0.25, 0.3) is 0 Å². The molecule has 72 heavy (non-hydrogen) atoms. The highest BCUT2D eigenvalue weighted by molar-refractivity contribution is 5.76. The average Bonchev–Trinajstić information content (AvgIpc) is 3.38. The van der Waals surface area contributed by atoms with Crippen LogP contribution in [0.1, 0.15) is 348 Å². The molecule has 0 heterocycles. The molecule has 2 atom stereocenters. The van der Waals surface area contributed by atoms with Crippen LogP contribution in [-0.4, -0.2) is 47.4 Å². The first-order valence-electron chi connectivity index (χ1n) is 32.3. The van der Waals surface area contributed by atoms with Gasteiger partial charge >= 0.3 is 5.97 Å². The SMILES string of the molecule is CCCCCC=CCC=CCCCCCCCC(=O)OCCCCCCCCCCCCCCCCCCCCCCCCCCCCCC(=O)NC(CO)C(O)C=CCCCCCCCCCCCCC.